The number of hydrogen-bond acceptors (Lipinski definition) is 4. The molecule has 1 aromatic rings. The summed E-state index contributed by atoms with van der Waals surface area (Å²) in [7, 11) is 0. The average molecular weight is 237 g/mol. The van der Waals surface area contributed by atoms with Gasteiger partial charge in [0.15, 0.2) is 0 Å². The summed E-state index contributed by atoms with van der Waals surface area (Å²) in [5, 5.41) is 7.28. The molecule has 1 aliphatic heterocycles. The maximum absolute atomic E-state index is 4.87. The van der Waals surface area contributed by atoms with Crippen LogP contribution in [0.25, 0.3) is 0 Å². The first-order chi connectivity index (χ1) is 8.38. The third-order valence-electron chi connectivity index (χ3n) is 3.35. The first-order valence-corrected chi connectivity index (χ1v) is 6.70. The molecule has 1 aliphatic rings. The summed E-state index contributed by atoms with van der Waals surface area (Å²) >= 11 is 0. The summed E-state index contributed by atoms with van der Waals surface area (Å²) in [4.78, 5) is 2.51. The maximum atomic E-state index is 4.87. The zero-order chi connectivity index (χ0) is 11.9. The largest absolute Gasteiger partial charge is 0.364 e. The standard InChI is InChI=1S/C13H23N3O/c1-2-5-14-7-12-4-3-6-16(9-12)10-13-8-15-17-11-13/h8,11-12,14H,2-7,9-10H2,1H3. The topological polar surface area (TPSA) is 41.3 Å². The van der Waals surface area contributed by atoms with Gasteiger partial charge in [-0.15, -0.1) is 0 Å². The lowest BCUT2D eigenvalue weighted by Gasteiger charge is -2.32. The van der Waals surface area contributed by atoms with Crippen LogP contribution in [0.1, 0.15) is 31.7 Å². The molecule has 17 heavy (non-hydrogen) atoms. The first-order valence-electron chi connectivity index (χ1n) is 6.70. The van der Waals surface area contributed by atoms with Crippen molar-refractivity contribution in [2.24, 2.45) is 5.92 Å². The predicted octanol–water partition coefficient (Wildman–Crippen LogP) is 1.89. The van der Waals surface area contributed by atoms with Gasteiger partial charge < -0.3 is 9.84 Å². The molecule has 1 aromatic heterocycles. The fraction of sp³-hybridized carbons (Fsp3) is 0.769. The Morgan fingerprint density at radius 3 is 3.29 bits per heavy atom. The quantitative estimate of drug-likeness (QED) is 0.767. The van der Waals surface area contributed by atoms with E-state index in [0.717, 1.165) is 25.6 Å². The average Bonchev–Trinajstić information content (AvgIpc) is 2.83. The number of nitrogens with zero attached hydrogens (tertiary/aromatic N) is 2. The summed E-state index contributed by atoms with van der Waals surface area (Å²) in [6.07, 6.45) is 7.45. The predicted molar refractivity (Wildman–Crippen MR) is 67.7 cm³/mol. The van der Waals surface area contributed by atoms with Crippen LogP contribution < -0.4 is 5.32 Å². The molecule has 1 fully saturated rings. The smallest absolute Gasteiger partial charge is 0.128 e. The van der Waals surface area contributed by atoms with Gasteiger partial charge in [-0.1, -0.05) is 12.1 Å². The lowest BCUT2D eigenvalue weighted by atomic mass is 9.97. The van der Waals surface area contributed by atoms with Gasteiger partial charge >= 0.3 is 0 Å². The second-order valence-corrected chi connectivity index (χ2v) is 4.98. The van der Waals surface area contributed by atoms with E-state index in [9.17, 15) is 0 Å². The van der Waals surface area contributed by atoms with E-state index >= 15 is 0 Å². The summed E-state index contributed by atoms with van der Waals surface area (Å²) in [5.41, 5.74) is 1.19. The van der Waals surface area contributed by atoms with Gasteiger partial charge in [-0.3, -0.25) is 4.90 Å². The van der Waals surface area contributed by atoms with Crippen molar-refractivity contribution in [3.63, 3.8) is 0 Å². The van der Waals surface area contributed by atoms with Crippen LogP contribution in [0.15, 0.2) is 17.0 Å². The van der Waals surface area contributed by atoms with Crippen molar-refractivity contribution >= 4 is 0 Å². The van der Waals surface area contributed by atoms with Crippen molar-refractivity contribution in [1.29, 1.82) is 0 Å². The molecule has 2 heterocycles. The van der Waals surface area contributed by atoms with Crippen LogP contribution >= 0.6 is 0 Å². The second-order valence-electron chi connectivity index (χ2n) is 4.98. The van der Waals surface area contributed by atoms with E-state index in [1.165, 1.54) is 37.9 Å². The minimum absolute atomic E-state index is 0.801. The van der Waals surface area contributed by atoms with Crippen LogP contribution in [0.2, 0.25) is 0 Å². The van der Waals surface area contributed by atoms with Gasteiger partial charge in [0.1, 0.15) is 6.26 Å². The molecule has 2 rings (SSSR count). The number of likely N-dealkylation sites (tertiary alicyclic amines) is 1. The molecule has 0 bridgehead atoms. The molecule has 1 atom stereocenters. The van der Waals surface area contributed by atoms with Gasteiger partial charge in [-0.2, -0.15) is 0 Å². The zero-order valence-corrected chi connectivity index (χ0v) is 10.7. The Kier molecular flexibility index (Phi) is 5.01. The van der Waals surface area contributed by atoms with E-state index in [2.05, 4.69) is 22.3 Å². The Morgan fingerprint density at radius 1 is 1.59 bits per heavy atom. The van der Waals surface area contributed by atoms with E-state index in [0.29, 0.717) is 0 Å². The van der Waals surface area contributed by atoms with Crippen molar-refractivity contribution < 1.29 is 4.52 Å². The zero-order valence-electron chi connectivity index (χ0n) is 10.7. The Balaban J connectivity index is 1.72. The van der Waals surface area contributed by atoms with Crippen LogP contribution in [-0.4, -0.2) is 36.2 Å². The maximum Gasteiger partial charge on any atom is 0.128 e. The molecular formula is C13H23N3O. The number of hydrogen-bond donors (Lipinski definition) is 1. The molecule has 1 unspecified atom stereocenters. The Morgan fingerprint density at radius 2 is 2.53 bits per heavy atom. The van der Waals surface area contributed by atoms with Crippen molar-refractivity contribution in [3.8, 4) is 0 Å². The SMILES string of the molecule is CCCNCC1CCCN(Cc2cnoc2)C1. The van der Waals surface area contributed by atoms with Crippen molar-refractivity contribution in [3.05, 3.63) is 18.0 Å². The molecule has 4 nitrogen and oxygen atoms in total. The Hall–Kier alpha value is -0.870. The molecule has 1 N–H and O–H groups in total. The van der Waals surface area contributed by atoms with E-state index in [4.69, 9.17) is 4.52 Å². The van der Waals surface area contributed by atoms with Crippen LogP contribution in [0.4, 0.5) is 0 Å². The van der Waals surface area contributed by atoms with Crippen LogP contribution in [0, 0.1) is 5.92 Å². The molecule has 0 saturated carbocycles. The van der Waals surface area contributed by atoms with Gasteiger partial charge in [0.25, 0.3) is 0 Å². The third kappa shape index (κ3) is 4.13. The molecule has 0 amide bonds. The minimum atomic E-state index is 0.801. The Bertz CT molecular complexity index is 300. The van der Waals surface area contributed by atoms with E-state index < -0.39 is 0 Å². The van der Waals surface area contributed by atoms with Crippen molar-refractivity contribution in [1.82, 2.24) is 15.4 Å². The molecule has 1 saturated heterocycles. The third-order valence-corrected chi connectivity index (χ3v) is 3.35. The fourth-order valence-corrected chi connectivity index (χ4v) is 2.51. The lowest BCUT2D eigenvalue weighted by molar-refractivity contribution is 0.165. The summed E-state index contributed by atoms with van der Waals surface area (Å²) in [6.45, 7) is 7.90. The molecule has 96 valence electrons. The van der Waals surface area contributed by atoms with Gasteiger partial charge in [-0.25, -0.2) is 0 Å². The monoisotopic (exact) mass is 237 g/mol. The van der Waals surface area contributed by atoms with Crippen molar-refractivity contribution in [2.75, 3.05) is 26.2 Å². The van der Waals surface area contributed by atoms with Gasteiger partial charge in [0, 0.05) is 18.7 Å². The van der Waals surface area contributed by atoms with Gasteiger partial charge in [0.2, 0.25) is 0 Å². The molecule has 4 heteroatoms. The van der Waals surface area contributed by atoms with E-state index in [1.807, 2.05) is 6.20 Å². The molecular weight excluding hydrogens is 214 g/mol. The van der Waals surface area contributed by atoms with Crippen LogP contribution in [0.5, 0.6) is 0 Å². The number of nitrogens with one attached hydrogen (secondary N) is 1. The highest BCUT2D eigenvalue weighted by Gasteiger charge is 2.19. The van der Waals surface area contributed by atoms with E-state index in [1.54, 1.807) is 6.26 Å². The lowest BCUT2D eigenvalue weighted by Crippen LogP contribution is -2.39. The second kappa shape index (κ2) is 6.77. The highest BCUT2D eigenvalue weighted by molar-refractivity contribution is 5.00. The highest BCUT2D eigenvalue weighted by atomic mass is 16.5. The van der Waals surface area contributed by atoms with E-state index in [-0.39, 0.29) is 0 Å². The molecule has 0 radical (unpaired) electrons. The van der Waals surface area contributed by atoms with Gasteiger partial charge in [0.05, 0.1) is 6.20 Å². The number of aromatic nitrogens is 1. The summed E-state index contributed by atoms with van der Waals surface area (Å²) < 4.78 is 4.87. The Labute approximate surface area is 103 Å². The molecule has 0 aliphatic carbocycles. The van der Waals surface area contributed by atoms with Crippen LogP contribution in [-0.2, 0) is 6.54 Å². The van der Waals surface area contributed by atoms with Gasteiger partial charge in [-0.05, 0) is 44.8 Å². The minimum Gasteiger partial charge on any atom is -0.364 e. The highest BCUT2D eigenvalue weighted by Crippen LogP contribution is 2.17. The fourth-order valence-electron chi connectivity index (χ4n) is 2.51. The first kappa shape index (κ1) is 12.6. The van der Waals surface area contributed by atoms with Crippen molar-refractivity contribution in [2.45, 2.75) is 32.7 Å². The normalized spacial score (nSPS) is 21.8. The molecule has 0 spiro atoms. The number of rotatable bonds is 6. The number of piperidine rings is 1. The van der Waals surface area contributed by atoms with Crippen LogP contribution in [0.3, 0.4) is 0 Å². The molecule has 0 aromatic carbocycles. The summed E-state index contributed by atoms with van der Waals surface area (Å²) in [6, 6.07) is 0. The summed E-state index contributed by atoms with van der Waals surface area (Å²) in [5.74, 6) is 0.801.